The summed E-state index contributed by atoms with van der Waals surface area (Å²) in [6.07, 6.45) is 4.97. The predicted molar refractivity (Wildman–Crippen MR) is 92.2 cm³/mol. The standard InChI is InChI=1S/C18H19N5O2/c1-14-4-6-16(7-5-14)23-13-17(20-21-23)18(25)22(9-10-24)12-15-3-2-8-19-11-15/h2-8,11,13,24H,9-10,12H2,1H3. The lowest BCUT2D eigenvalue weighted by Gasteiger charge is -2.20. The number of amides is 1. The van der Waals surface area contributed by atoms with Gasteiger partial charge < -0.3 is 10.0 Å². The molecule has 0 saturated heterocycles. The molecule has 3 aromatic rings. The van der Waals surface area contributed by atoms with E-state index in [4.69, 9.17) is 0 Å². The number of carbonyl (C=O) groups is 1. The van der Waals surface area contributed by atoms with Crippen LogP contribution < -0.4 is 0 Å². The van der Waals surface area contributed by atoms with E-state index >= 15 is 0 Å². The first kappa shape index (κ1) is 16.8. The number of hydrogen-bond donors (Lipinski definition) is 1. The minimum Gasteiger partial charge on any atom is -0.395 e. The van der Waals surface area contributed by atoms with Gasteiger partial charge in [-0.3, -0.25) is 9.78 Å². The third kappa shape index (κ3) is 4.07. The molecule has 1 aromatic carbocycles. The maximum absolute atomic E-state index is 12.7. The Labute approximate surface area is 145 Å². The molecule has 0 saturated carbocycles. The second-order valence-corrected chi connectivity index (χ2v) is 5.70. The van der Waals surface area contributed by atoms with Gasteiger partial charge in [0.1, 0.15) is 0 Å². The minimum absolute atomic E-state index is 0.127. The molecule has 0 fully saturated rings. The Morgan fingerprint density at radius 1 is 1.24 bits per heavy atom. The van der Waals surface area contributed by atoms with Crippen molar-refractivity contribution in [2.24, 2.45) is 0 Å². The van der Waals surface area contributed by atoms with Crippen molar-refractivity contribution in [2.45, 2.75) is 13.5 Å². The molecule has 7 nitrogen and oxygen atoms in total. The Morgan fingerprint density at radius 2 is 2.04 bits per heavy atom. The lowest BCUT2D eigenvalue weighted by atomic mass is 10.2. The van der Waals surface area contributed by atoms with Crippen molar-refractivity contribution in [1.29, 1.82) is 0 Å². The van der Waals surface area contributed by atoms with Crippen molar-refractivity contribution < 1.29 is 9.90 Å². The molecule has 1 N–H and O–H groups in total. The zero-order valence-corrected chi connectivity index (χ0v) is 13.9. The summed E-state index contributed by atoms with van der Waals surface area (Å²) in [7, 11) is 0. The summed E-state index contributed by atoms with van der Waals surface area (Å²) in [6, 6.07) is 11.5. The molecule has 0 aliphatic carbocycles. The van der Waals surface area contributed by atoms with Gasteiger partial charge in [0, 0.05) is 25.5 Å². The van der Waals surface area contributed by atoms with Gasteiger partial charge in [0.05, 0.1) is 18.5 Å². The van der Waals surface area contributed by atoms with E-state index < -0.39 is 0 Å². The van der Waals surface area contributed by atoms with E-state index in [1.807, 2.05) is 43.3 Å². The summed E-state index contributed by atoms with van der Waals surface area (Å²) in [4.78, 5) is 18.3. The van der Waals surface area contributed by atoms with Crippen molar-refractivity contribution in [3.05, 3.63) is 71.8 Å². The summed E-state index contributed by atoms with van der Waals surface area (Å²) in [5.74, 6) is -0.281. The van der Waals surface area contributed by atoms with Gasteiger partial charge in [-0.05, 0) is 30.7 Å². The van der Waals surface area contributed by atoms with Crippen LogP contribution in [0.25, 0.3) is 5.69 Å². The van der Waals surface area contributed by atoms with Gasteiger partial charge in [0.15, 0.2) is 5.69 Å². The molecule has 2 heterocycles. The van der Waals surface area contributed by atoms with Gasteiger partial charge in [0.2, 0.25) is 0 Å². The van der Waals surface area contributed by atoms with Gasteiger partial charge in [-0.15, -0.1) is 5.10 Å². The first-order chi connectivity index (χ1) is 12.2. The van der Waals surface area contributed by atoms with Crippen molar-refractivity contribution in [1.82, 2.24) is 24.9 Å². The fraction of sp³-hybridized carbons (Fsp3) is 0.222. The zero-order valence-electron chi connectivity index (χ0n) is 13.9. The molecular weight excluding hydrogens is 318 g/mol. The summed E-state index contributed by atoms with van der Waals surface area (Å²) in [6.45, 7) is 2.44. The molecule has 1 amide bonds. The highest BCUT2D eigenvalue weighted by molar-refractivity contribution is 5.92. The molecule has 0 radical (unpaired) electrons. The molecule has 128 valence electrons. The lowest BCUT2D eigenvalue weighted by molar-refractivity contribution is 0.0701. The van der Waals surface area contributed by atoms with Crippen molar-refractivity contribution >= 4 is 5.91 Å². The summed E-state index contributed by atoms with van der Waals surface area (Å²) < 4.78 is 1.56. The van der Waals surface area contributed by atoms with E-state index in [-0.39, 0.29) is 24.8 Å². The Morgan fingerprint density at radius 3 is 2.72 bits per heavy atom. The Hall–Kier alpha value is -3.06. The topological polar surface area (TPSA) is 84.1 Å². The van der Waals surface area contributed by atoms with E-state index in [0.717, 1.165) is 16.8 Å². The average Bonchev–Trinajstić information content (AvgIpc) is 3.12. The SMILES string of the molecule is Cc1ccc(-n2cc(C(=O)N(CCO)Cc3cccnc3)nn2)cc1. The maximum atomic E-state index is 12.7. The molecule has 0 aliphatic rings. The number of aromatic nitrogens is 4. The van der Waals surface area contributed by atoms with E-state index in [2.05, 4.69) is 15.3 Å². The molecule has 7 heteroatoms. The van der Waals surface area contributed by atoms with Gasteiger partial charge >= 0.3 is 0 Å². The number of nitrogens with zero attached hydrogens (tertiary/aromatic N) is 5. The molecule has 0 unspecified atom stereocenters. The molecule has 0 bridgehead atoms. The fourth-order valence-corrected chi connectivity index (χ4v) is 2.43. The van der Waals surface area contributed by atoms with E-state index in [1.54, 1.807) is 23.3 Å². The predicted octanol–water partition coefficient (Wildman–Crippen LogP) is 1.61. The summed E-state index contributed by atoms with van der Waals surface area (Å²) in [5.41, 5.74) is 3.09. The highest BCUT2D eigenvalue weighted by atomic mass is 16.3. The Balaban J connectivity index is 1.79. The first-order valence-electron chi connectivity index (χ1n) is 7.96. The van der Waals surface area contributed by atoms with E-state index in [1.165, 1.54) is 4.90 Å². The van der Waals surface area contributed by atoms with Crippen molar-refractivity contribution in [3.8, 4) is 5.69 Å². The van der Waals surface area contributed by atoms with Crippen LogP contribution in [0.2, 0.25) is 0 Å². The number of pyridine rings is 1. The van der Waals surface area contributed by atoms with Crippen LogP contribution in [0.4, 0.5) is 0 Å². The molecule has 25 heavy (non-hydrogen) atoms. The van der Waals surface area contributed by atoms with Gasteiger partial charge in [0.25, 0.3) is 5.91 Å². The molecule has 3 rings (SSSR count). The van der Waals surface area contributed by atoms with Crippen LogP contribution in [-0.4, -0.2) is 49.0 Å². The van der Waals surface area contributed by atoms with Crippen LogP contribution in [-0.2, 0) is 6.54 Å². The minimum atomic E-state index is -0.281. The largest absolute Gasteiger partial charge is 0.395 e. The second-order valence-electron chi connectivity index (χ2n) is 5.70. The van der Waals surface area contributed by atoms with Crippen LogP contribution in [0.5, 0.6) is 0 Å². The Bertz CT molecular complexity index is 830. The smallest absolute Gasteiger partial charge is 0.276 e. The third-order valence-corrected chi connectivity index (χ3v) is 3.76. The van der Waals surface area contributed by atoms with Gasteiger partial charge in [-0.1, -0.05) is 29.0 Å². The number of hydrogen-bond acceptors (Lipinski definition) is 5. The first-order valence-corrected chi connectivity index (χ1v) is 7.96. The van der Waals surface area contributed by atoms with Crippen molar-refractivity contribution in [2.75, 3.05) is 13.2 Å². The zero-order chi connectivity index (χ0) is 17.6. The average molecular weight is 337 g/mol. The van der Waals surface area contributed by atoms with Crippen LogP contribution in [0, 0.1) is 6.92 Å². The number of rotatable bonds is 6. The molecule has 0 atom stereocenters. The van der Waals surface area contributed by atoms with E-state index in [9.17, 15) is 9.90 Å². The van der Waals surface area contributed by atoms with E-state index in [0.29, 0.717) is 6.54 Å². The van der Waals surface area contributed by atoms with Crippen LogP contribution in [0.15, 0.2) is 55.0 Å². The molecule has 0 spiro atoms. The summed E-state index contributed by atoms with van der Waals surface area (Å²) in [5, 5.41) is 17.3. The van der Waals surface area contributed by atoms with Crippen molar-refractivity contribution in [3.63, 3.8) is 0 Å². The number of carbonyl (C=O) groups excluding carboxylic acids is 1. The normalized spacial score (nSPS) is 10.6. The monoisotopic (exact) mass is 337 g/mol. The lowest BCUT2D eigenvalue weighted by Crippen LogP contribution is -2.33. The third-order valence-electron chi connectivity index (χ3n) is 3.76. The van der Waals surface area contributed by atoms with Gasteiger partial charge in [-0.25, -0.2) is 4.68 Å². The molecule has 0 aliphatic heterocycles. The number of aliphatic hydroxyl groups excluding tert-OH is 1. The molecular formula is C18H19N5O2. The van der Waals surface area contributed by atoms with Crippen LogP contribution in [0.1, 0.15) is 21.6 Å². The highest BCUT2D eigenvalue weighted by Crippen LogP contribution is 2.11. The second kappa shape index (κ2) is 7.67. The van der Waals surface area contributed by atoms with Crippen LogP contribution in [0.3, 0.4) is 0 Å². The number of benzene rings is 1. The molecule has 2 aromatic heterocycles. The fourth-order valence-electron chi connectivity index (χ4n) is 2.43. The number of aryl methyl sites for hydroxylation is 1. The Kier molecular flexibility index (Phi) is 5.15. The van der Waals surface area contributed by atoms with Gasteiger partial charge in [-0.2, -0.15) is 0 Å². The highest BCUT2D eigenvalue weighted by Gasteiger charge is 2.19. The quantitative estimate of drug-likeness (QED) is 0.739. The summed E-state index contributed by atoms with van der Waals surface area (Å²) >= 11 is 0. The van der Waals surface area contributed by atoms with Crippen LogP contribution >= 0.6 is 0 Å². The maximum Gasteiger partial charge on any atom is 0.276 e. The number of aliphatic hydroxyl groups is 1.